The van der Waals surface area contributed by atoms with Gasteiger partial charge in [-0.15, -0.1) is 0 Å². The van der Waals surface area contributed by atoms with Crippen molar-refractivity contribution >= 4 is 5.91 Å². The van der Waals surface area contributed by atoms with E-state index in [1.165, 1.54) is 0 Å². The lowest BCUT2D eigenvalue weighted by Gasteiger charge is -2.31. The summed E-state index contributed by atoms with van der Waals surface area (Å²) in [6.45, 7) is 3.98. The van der Waals surface area contributed by atoms with E-state index in [1.54, 1.807) is 11.0 Å². The first-order chi connectivity index (χ1) is 7.70. The monoisotopic (exact) mass is 224 g/mol. The molecule has 1 amide bonds. The molecular formula is C10H16N4O2. The molecule has 2 rings (SSSR count). The molecule has 0 saturated carbocycles. The molecule has 0 aliphatic carbocycles. The second kappa shape index (κ2) is 4.63. The van der Waals surface area contributed by atoms with Gasteiger partial charge in [0.2, 0.25) is 0 Å². The van der Waals surface area contributed by atoms with Gasteiger partial charge in [-0.1, -0.05) is 0 Å². The number of carbonyl (C=O) groups is 1. The van der Waals surface area contributed by atoms with Gasteiger partial charge in [-0.05, 0) is 13.0 Å². The van der Waals surface area contributed by atoms with Crippen LogP contribution in [-0.4, -0.2) is 53.3 Å². The molecule has 0 bridgehead atoms. The normalized spacial score (nSPS) is 21.1. The fraction of sp³-hybridized carbons (Fsp3) is 0.600. The molecule has 1 saturated heterocycles. The largest absolute Gasteiger partial charge is 0.373 e. The lowest BCUT2D eigenvalue weighted by Crippen LogP contribution is -2.48. The van der Waals surface area contributed by atoms with Crippen LogP contribution in [0.3, 0.4) is 0 Å². The predicted molar refractivity (Wildman–Crippen MR) is 58.0 cm³/mol. The van der Waals surface area contributed by atoms with Crippen molar-refractivity contribution < 1.29 is 9.53 Å². The van der Waals surface area contributed by atoms with Crippen LogP contribution in [0, 0.1) is 6.92 Å². The van der Waals surface area contributed by atoms with Gasteiger partial charge < -0.3 is 15.4 Å². The lowest BCUT2D eigenvalue weighted by atomic mass is 10.2. The average Bonchev–Trinajstić information content (AvgIpc) is 2.75. The van der Waals surface area contributed by atoms with Gasteiger partial charge in [-0.2, -0.15) is 5.10 Å². The Labute approximate surface area is 93.8 Å². The zero-order chi connectivity index (χ0) is 11.5. The number of nitrogens with two attached hydrogens (primary N) is 1. The quantitative estimate of drug-likeness (QED) is 0.710. The summed E-state index contributed by atoms with van der Waals surface area (Å²) in [7, 11) is 0. The predicted octanol–water partition coefficient (Wildman–Crippen LogP) is -0.482. The van der Waals surface area contributed by atoms with Crippen LogP contribution in [0.4, 0.5) is 0 Å². The number of H-pyrrole nitrogens is 1. The minimum absolute atomic E-state index is 0.0576. The molecule has 1 aromatic heterocycles. The highest BCUT2D eigenvalue weighted by molar-refractivity contribution is 5.92. The van der Waals surface area contributed by atoms with Gasteiger partial charge in [-0.25, -0.2) is 0 Å². The van der Waals surface area contributed by atoms with Crippen LogP contribution in [0.1, 0.15) is 16.2 Å². The second-order valence-electron chi connectivity index (χ2n) is 3.92. The molecule has 0 spiro atoms. The summed E-state index contributed by atoms with van der Waals surface area (Å²) in [6, 6.07) is 1.75. The molecule has 6 heteroatoms. The van der Waals surface area contributed by atoms with Crippen molar-refractivity contribution in [3.8, 4) is 0 Å². The Morgan fingerprint density at radius 3 is 3.25 bits per heavy atom. The third-order valence-corrected chi connectivity index (χ3v) is 2.61. The topological polar surface area (TPSA) is 84.2 Å². The van der Waals surface area contributed by atoms with Crippen molar-refractivity contribution in [3.05, 3.63) is 17.5 Å². The number of aromatic amines is 1. The van der Waals surface area contributed by atoms with Crippen LogP contribution in [0.2, 0.25) is 0 Å². The highest BCUT2D eigenvalue weighted by Gasteiger charge is 2.25. The number of aryl methyl sites for hydroxylation is 1. The summed E-state index contributed by atoms with van der Waals surface area (Å²) >= 11 is 0. The Kier molecular flexibility index (Phi) is 3.21. The maximum Gasteiger partial charge on any atom is 0.274 e. The molecule has 88 valence electrons. The summed E-state index contributed by atoms with van der Waals surface area (Å²) in [4.78, 5) is 13.8. The number of carbonyl (C=O) groups excluding carboxylic acids is 1. The number of ether oxygens (including phenoxy) is 1. The Morgan fingerprint density at radius 2 is 2.62 bits per heavy atom. The molecule has 1 atom stereocenters. The summed E-state index contributed by atoms with van der Waals surface area (Å²) in [5.74, 6) is -0.0638. The summed E-state index contributed by atoms with van der Waals surface area (Å²) in [5, 5.41) is 6.71. The van der Waals surface area contributed by atoms with E-state index in [0.29, 0.717) is 31.9 Å². The first-order valence-corrected chi connectivity index (χ1v) is 5.33. The van der Waals surface area contributed by atoms with Crippen LogP contribution in [0.5, 0.6) is 0 Å². The van der Waals surface area contributed by atoms with Gasteiger partial charge in [0.15, 0.2) is 0 Å². The van der Waals surface area contributed by atoms with Gasteiger partial charge in [0.05, 0.1) is 12.7 Å². The van der Waals surface area contributed by atoms with E-state index in [-0.39, 0.29) is 12.0 Å². The smallest absolute Gasteiger partial charge is 0.274 e. The van der Waals surface area contributed by atoms with E-state index < -0.39 is 0 Å². The van der Waals surface area contributed by atoms with Crippen molar-refractivity contribution in [2.45, 2.75) is 13.0 Å². The zero-order valence-electron chi connectivity index (χ0n) is 9.27. The third-order valence-electron chi connectivity index (χ3n) is 2.61. The van der Waals surface area contributed by atoms with Gasteiger partial charge in [0.25, 0.3) is 5.91 Å². The highest BCUT2D eigenvalue weighted by Crippen LogP contribution is 2.09. The standard InChI is InChI=1S/C10H16N4O2/c1-7-4-9(13-12-7)10(15)14-2-3-16-8(5-11)6-14/h4,8H,2-3,5-6,11H2,1H3,(H,12,13). The van der Waals surface area contributed by atoms with E-state index in [1.807, 2.05) is 6.92 Å². The van der Waals surface area contributed by atoms with Crippen molar-refractivity contribution in [2.24, 2.45) is 5.73 Å². The number of hydrogen-bond donors (Lipinski definition) is 2. The molecule has 0 radical (unpaired) electrons. The van der Waals surface area contributed by atoms with E-state index in [0.717, 1.165) is 5.69 Å². The Hall–Kier alpha value is -1.40. The van der Waals surface area contributed by atoms with Crippen LogP contribution in [0.15, 0.2) is 6.07 Å². The van der Waals surface area contributed by atoms with Crippen molar-refractivity contribution in [1.29, 1.82) is 0 Å². The van der Waals surface area contributed by atoms with Crippen LogP contribution >= 0.6 is 0 Å². The van der Waals surface area contributed by atoms with Gasteiger partial charge in [-0.3, -0.25) is 9.89 Å². The number of aromatic nitrogens is 2. The van der Waals surface area contributed by atoms with Gasteiger partial charge in [0, 0.05) is 25.3 Å². The number of amides is 1. The number of nitrogens with one attached hydrogen (secondary N) is 1. The minimum atomic E-state index is -0.0638. The van der Waals surface area contributed by atoms with Crippen molar-refractivity contribution in [2.75, 3.05) is 26.2 Å². The van der Waals surface area contributed by atoms with Gasteiger partial charge in [0.1, 0.15) is 5.69 Å². The fourth-order valence-electron chi connectivity index (χ4n) is 1.74. The second-order valence-corrected chi connectivity index (χ2v) is 3.92. The molecule has 1 fully saturated rings. The average molecular weight is 224 g/mol. The SMILES string of the molecule is Cc1cc(C(=O)N2CCOC(CN)C2)n[nH]1. The Bertz CT molecular complexity index is 377. The molecule has 6 nitrogen and oxygen atoms in total. The third kappa shape index (κ3) is 2.23. The first kappa shape index (κ1) is 11.1. The molecule has 16 heavy (non-hydrogen) atoms. The molecule has 1 aliphatic rings. The fourth-order valence-corrected chi connectivity index (χ4v) is 1.74. The molecule has 1 unspecified atom stereocenters. The van der Waals surface area contributed by atoms with Crippen LogP contribution in [-0.2, 0) is 4.74 Å². The molecular weight excluding hydrogens is 208 g/mol. The van der Waals surface area contributed by atoms with Crippen molar-refractivity contribution in [1.82, 2.24) is 15.1 Å². The Balaban J connectivity index is 2.04. The number of morpholine rings is 1. The minimum Gasteiger partial charge on any atom is -0.373 e. The lowest BCUT2D eigenvalue weighted by molar-refractivity contribution is -0.0169. The number of rotatable bonds is 2. The number of hydrogen-bond acceptors (Lipinski definition) is 4. The molecule has 1 aromatic rings. The summed E-state index contributed by atoms with van der Waals surface area (Å²) in [5.41, 5.74) is 6.86. The van der Waals surface area contributed by atoms with E-state index in [2.05, 4.69) is 10.2 Å². The maximum absolute atomic E-state index is 12.0. The zero-order valence-corrected chi connectivity index (χ0v) is 9.27. The molecule has 3 N–H and O–H groups in total. The molecule has 1 aliphatic heterocycles. The maximum atomic E-state index is 12.0. The summed E-state index contributed by atoms with van der Waals surface area (Å²) < 4.78 is 5.40. The molecule has 0 aromatic carbocycles. The van der Waals surface area contributed by atoms with E-state index >= 15 is 0 Å². The number of nitrogens with zero attached hydrogens (tertiary/aromatic N) is 2. The molecule has 2 heterocycles. The van der Waals surface area contributed by atoms with Crippen LogP contribution in [0.25, 0.3) is 0 Å². The first-order valence-electron chi connectivity index (χ1n) is 5.33. The van der Waals surface area contributed by atoms with Gasteiger partial charge >= 0.3 is 0 Å². The Morgan fingerprint density at radius 1 is 1.81 bits per heavy atom. The van der Waals surface area contributed by atoms with Crippen LogP contribution < -0.4 is 5.73 Å². The highest BCUT2D eigenvalue weighted by atomic mass is 16.5. The van der Waals surface area contributed by atoms with E-state index in [9.17, 15) is 4.79 Å². The van der Waals surface area contributed by atoms with Crippen molar-refractivity contribution in [3.63, 3.8) is 0 Å². The van der Waals surface area contributed by atoms with E-state index in [4.69, 9.17) is 10.5 Å². The summed E-state index contributed by atoms with van der Waals surface area (Å²) in [6.07, 6.45) is -0.0576.